The van der Waals surface area contributed by atoms with Crippen molar-refractivity contribution < 1.29 is 45.4 Å². The molecule has 0 aliphatic heterocycles. The third kappa shape index (κ3) is 18.1. The molecule has 0 saturated heterocycles. The summed E-state index contributed by atoms with van der Waals surface area (Å²) in [5.41, 5.74) is 7.01. The van der Waals surface area contributed by atoms with Crippen LogP contribution < -0.4 is 37.0 Å². The Kier molecular flexibility index (Phi) is 23.8. The number of rotatable bonds is 29. The van der Waals surface area contributed by atoms with E-state index in [2.05, 4.69) is 139 Å². The van der Waals surface area contributed by atoms with Crippen LogP contribution in [0.1, 0.15) is 220 Å². The van der Waals surface area contributed by atoms with Gasteiger partial charge in [-0.1, -0.05) is 198 Å². The van der Waals surface area contributed by atoms with Crippen molar-refractivity contribution in [2.75, 3.05) is 28.4 Å². The molecule has 1 heterocycles. The van der Waals surface area contributed by atoms with Crippen LogP contribution in [0.2, 0.25) is 0 Å². The van der Waals surface area contributed by atoms with E-state index >= 15 is 0 Å². The summed E-state index contributed by atoms with van der Waals surface area (Å²) >= 11 is 0. The molecule has 6 aromatic carbocycles. The number of fused-ring (bicyclic) bond motifs is 3. The molecule has 0 amide bonds. The van der Waals surface area contributed by atoms with Crippen LogP contribution in [0, 0.1) is 0 Å². The molecule has 0 aliphatic carbocycles. The Balaban J connectivity index is 1.43. The van der Waals surface area contributed by atoms with Crippen LogP contribution in [0.3, 0.4) is 0 Å². The summed E-state index contributed by atoms with van der Waals surface area (Å²) in [5, 5.41) is 1.62. The van der Waals surface area contributed by atoms with Crippen molar-refractivity contribution in [3.63, 3.8) is 0 Å². The van der Waals surface area contributed by atoms with Gasteiger partial charge >= 0.3 is 16.8 Å². The molecule has 86 heavy (non-hydrogen) atoms. The average molecular weight is 1210 g/mol. The molecule has 0 saturated carbocycles. The standard InChI is InChI=1S/C74H102O10P2/c1-19-21-23-25-27-29-31-33-51-35-39-53(40-36-51)79-85(80-54-41-37-52(38-42-54)34-32-30-28-26-24-22-20-2)81-67-59(43-55(75-15)47-63(67)71(3,4)5)60-44-56(76-16)48-64(72(6,7)8)68(60)82-86-83-69-61(45-57(77-17)49-65(69)73(9,10)11)62-46-58(78-18)50-66(70(62)84-86)74(12,13)14/h35-50H,19-34H2,1-18H3. The fourth-order valence-electron chi connectivity index (χ4n) is 10.9. The summed E-state index contributed by atoms with van der Waals surface area (Å²) in [7, 11) is 2.30. The summed E-state index contributed by atoms with van der Waals surface area (Å²) < 4.78 is 68.0. The van der Waals surface area contributed by atoms with Gasteiger partial charge < -0.3 is 45.4 Å². The molecule has 10 nitrogen and oxygen atoms in total. The van der Waals surface area contributed by atoms with Crippen LogP contribution in [0.25, 0.3) is 33.1 Å². The zero-order valence-corrected chi connectivity index (χ0v) is 57.3. The predicted molar refractivity (Wildman–Crippen MR) is 360 cm³/mol. The highest BCUT2D eigenvalue weighted by Gasteiger charge is 2.34. The molecule has 12 heteroatoms. The van der Waals surface area contributed by atoms with E-state index in [1.807, 2.05) is 54.6 Å². The maximum absolute atomic E-state index is 7.58. The summed E-state index contributed by atoms with van der Waals surface area (Å²) in [4.78, 5) is 0. The minimum Gasteiger partial charge on any atom is -0.497 e. The second kappa shape index (κ2) is 30.3. The van der Waals surface area contributed by atoms with Crippen molar-refractivity contribution >= 4 is 38.8 Å². The van der Waals surface area contributed by atoms with Gasteiger partial charge in [0.25, 0.3) is 0 Å². The Morgan fingerprint density at radius 3 is 1.05 bits per heavy atom. The fraction of sp³-hybridized carbons (Fsp3) is 0.514. The molecule has 0 atom stereocenters. The van der Waals surface area contributed by atoms with E-state index in [0.29, 0.717) is 68.3 Å². The van der Waals surface area contributed by atoms with Gasteiger partial charge in [0, 0.05) is 44.2 Å². The number of unbranched alkanes of at least 4 members (excludes halogenated alkanes) is 12. The maximum Gasteiger partial charge on any atom is 0.530 e. The average Bonchev–Trinajstić information content (AvgIpc) is 1.33. The zero-order chi connectivity index (χ0) is 62.4. The molecule has 0 fully saturated rings. The smallest absolute Gasteiger partial charge is 0.497 e. The number of aryl methyl sites for hydroxylation is 2. The summed E-state index contributed by atoms with van der Waals surface area (Å²) in [6.45, 7) is 30.6. The first-order valence-electron chi connectivity index (χ1n) is 31.7. The quantitative estimate of drug-likeness (QED) is 0.0333. The Bertz CT molecular complexity index is 3190. The van der Waals surface area contributed by atoms with E-state index in [1.54, 1.807) is 28.4 Å². The van der Waals surface area contributed by atoms with Crippen molar-refractivity contribution in [3.8, 4) is 57.1 Å². The number of benzene rings is 6. The van der Waals surface area contributed by atoms with E-state index in [0.717, 1.165) is 58.7 Å². The number of ether oxygens (including phenoxy) is 4. The van der Waals surface area contributed by atoms with Crippen LogP contribution >= 0.6 is 16.8 Å². The molecule has 1 aromatic heterocycles. The highest BCUT2D eigenvalue weighted by molar-refractivity contribution is 7.43. The molecule has 0 spiro atoms. The SMILES string of the molecule is CCCCCCCCCc1ccc(OP(Oc2ccc(CCCCCCCCC)cc2)Oc2c(-c3cc(OC)cc(C(C)(C)C)c3Op3oc4c(C(C)(C)C)cc(OC)cc4c4cc(OC)cc(C(C)(C)C)c4o3)cc(OC)cc2C(C)(C)C)cc1. The van der Waals surface area contributed by atoms with Crippen LogP contribution in [-0.4, -0.2) is 28.4 Å². The monoisotopic (exact) mass is 1210 g/mol. The van der Waals surface area contributed by atoms with E-state index < -0.39 is 27.7 Å². The fourth-order valence-corrected chi connectivity index (χ4v) is 13.1. The molecular formula is C74H102O10P2. The number of hydrogen-bond donors (Lipinski definition) is 0. The lowest BCUT2D eigenvalue weighted by molar-refractivity contribution is 0.380. The Morgan fingerprint density at radius 1 is 0.360 bits per heavy atom. The second-order valence-electron chi connectivity index (χ2n) is 27.2. The van der Waals surface area contributed by atoms with Gasteiger partial charge in [0.15, 0.2) is 0 Å². The molecule has 468 valence electrons. The van der Waals surface area contributed by atoms with Crippen molar-refractivity contribution in [3.05, 3.63) is 130 Å². The maximum atomic E-state index is 7.58. The zero-order valence-electron chi connectivity index (χ0n) is 55.5. The second-order valence-corrected chi connectivity index (χ2v) is 29.2. The lowest BCUT2D eigenvalue weighted by atomic mass is 9.81. The Hall–Kier alpha value is -5.95. The molecule has 0 N–H and O–H groups in total. The molecule has 7 aromatic rings. The van der Waals surface area contributed by atoms with Crippen LogP contribution in [0.4, 0.5) is 0 Å². The van der Waals surface area contributed by atoms with Gasteiger partial charge in [-0.25, -0.2) is 0 Å². The van der Waals surface area contributed by atoms with Crippen LogP contribution in [0.5, 0.6) is 46.0 Å². The summed E-state index contributed by atoms with van der Waals surface area (Å²) in [6.07, 6.45) is 19.8. The minimum absolute atomic E-state index is 0.388. The van der Waals surface area contributed by atoms with Crippen molar-refractivity contribution in [2.24, 2.45) is 0 Å². The first kappa shape index (κ1) is 67.6. The molecular weight excluding hydrogens is 1110 g/mol. The predicted octanol–water partition coefficient (Wildman–Crippen LogP) is 23.4. The van der Waals surface area contributed by atoms with E-state index in [-0.39, 0.29) is 10.8 Å². The van der Waals surface area contributed by atoms with Crippen molar-refractivity contribution in [2.45, 2.75) is 221 Å². The van der Waals surface area contributed by atoms with Crippen LogP contribution in [0.15, 0.2) is 105 Å². The number of hydrogen-bond acceptors (Lipinski definition) is 10. The van der Waals surface area contributed by atoms with Crippen LogP contribution in [-0.2, 0) is 34.5 Å². The third-order valence-electron chi connectivity index (χ3n) is 16.0. The highest BCUT2D eigenvalue weighted by atomic mass is 31.2. The first-order chi connectivity index (χ1) is 40.9. The lowest BCUT2D eigenvalue weighted by Gasteiger charge is -2.29. The highest BCUT2D eigenvalue weighted by Crippen LogP contribution is 2.56. The Labute approximate surface area is 519 Å². The molecule has 0 bridgehead atoms. The molecule has 0 aliphatic rings. The minimum atomic E-state index is -2.28. The van der Waals surface area contributed by atoms with Crippen molar-refractivity contribution in [1.29, 1.82) is 0 Å². The third-order valence-corrected chi connectivity index (χ3v) is 18.1. The first-order valence-corrected chi connectivity index (χ1v) is 33.8. The normalized spacial score (nSPS) is 12.2. The Morgan fingerprint density at radius 2 is 0.686 bits per heavy atom. The van der Waals surface area contributed by atoms with E-state index in [9.17, 15) is 0 Å². The van der Waals surface area contributed by atoms with Gasteiger partial charge in [0.05, 0.1) is 28.4 Å². The van der Waals surface area contributed by atoms with Gasteiger partial charge in [-0.2, -0.15) is 0 Å². The summed E-state index contributed by atoms with van der Waals surface area (Å²) in [6, 6.07) is 33.1. The van der Waals surface area contributed by atoms with Gasteiger partial charge in [0.2, 0.25) is 0 Å². The largest absolute Gasteiger partial charge is 0.530 e. The number of methoxy groups -OCH3 is 4. The van der Waals surface area contributed by atoms with E-state index in [4.69, 9.17) is 45.4 Å². The van der Waals surface area contributed by atoms with Gasteiger partial charge in [-0.05, 0) is 131 Å². The van der Waals surface area contributed by atoms with Gasteiger partial charge in [-0.15, -0.1) is 0 Å². The molecule has 0 unspecified atom stereocenters. The van der Waals surface area contributed by atoms with Gasteiger partial charge in [-0.3, -0.25) is 0 Å². The molecule has 7 rings (SSSR count). The van der Waals surface area contributed by atoms with E-state index in [1.165, 1.54) is 88.2 Å². The molecule has 0 radical (unpaired) electrons. The lowest BCUT2D eigenvalue weighted by Crippen LogP contribution is -2.16. The topological polar surface area (TPSA) is 100 Å². The van der Waals surface area contributed by atoms with Crippen molar-refractivity contribution in [1.82, 2.24) is 0 Å². The van der Waals surface area contributed by atoms with Gasteiger partial charge in [0.1, 0.15) is 57.2 Å². The summed E-state index contributed by atoms with van der Waals surface area (Å²) in [5.74, 6) is 5.02.